The van der Waals surface area contributed by atoms with Gasteiger partial charge in [0, 0.05) is 24.3 Å². The normalized spacial score (nSPS) is 46.8. The number of fused-ring (bicyclic) bond motifs is 5. The second-order valence-electron chi connectivity index (χ2n) is 11.7. The summed E-state index contributed by atoms with van der Waals surface area (Å²) in [5.74, 6) is 1.91. The molecule has 0 aromatic carbocycles. The Morgan fingerprint density at radius 1 is 0.938 bits per heavy atom. The maximum Gasteiger partial charge on any atom is 0.172 e. The number of rotatable bonds is 3. The molecule has 3 saturated carbocycles. The number of halogens is 1. The summed E-state index contributed by atoms with van der Waals surface area (Å²) in [6, 6.07) is 0. The minimum absolute atomic E-state index is 0.237. The molecule has 2 heterocycles. The second-order valence-corrected chi connectivity index (χ2v) is 12.0. The van der Waals surface area contributed by atoms with Gasteiger partial charge < -0.3 is 18.9 Å². The molecule has 0 aromatic rings. The fourth-order valence-corrected chi connectivity index (χ4v) is 9.42. The number of ether oxygens (including phenoxy) is 4. The predicted molar refractivity (Wildman–Crippen MR) is 124 cm³/mol. The van der Waals surface area contributed by atoms with Gasteiger partial charge in [0.2, 0.25) is 0 Å². The fraction of sp³-hybridized carbons (Fsp3) is 0.852. The van der Waals surface area contributed by atoms with Gasteiger partial charge in [-0.2, -0.15) is 0 Å². The SMILES string of the molecule is CC1([C@H]2CC[C@H]3[C@@H]4CC=C5CC6(CC[C@]5(C)[C@H]4CC[C@]23CC=CCl)OCCO6)OCCO1. The molecule has 0 N–H and O–H groups in total. The van der Waals surface area contributed by atoms with Crippen molar-refractivity contribution in [1.29, 1.82) is 0 Å². The lowest BCUT2D eigenvalue weighted by molar-refractivity contribution is -0.219. The first-order chi connectivity index (χ1) is 15.4. The second kappa shape index (κ2) is 7.81. The van der Waals surface area contributed by atoms with Crippen molar-refractivity contribution in [1.82, 2.24) is 0 Å². The van der Waals surface area contributed by atoms with Crippen LogP contribution in [0.2, 0.25) is 0 Å². The summed E-state index contributed by atoms with van der Waals surface area (Å²) in [4.78, 5) is 0. The van der Waals surface area contributed by atoms with Gasteiger partial charge in [-0.05, 0) is 80.5 Å². The van der Waals surface area contributed by atoms with Crippen molar-refractivity contribution in [2.45, 2.75) is 83.2 Å². The predicted octanol–water partition coefficient (Wildman–Crippen LogP) is 6.19. The van der Waals surface area contributed by atoms with E-state index in [1.807, 2.05) is 0 Å². The molecule has 0 unspecified atom stereocenters. The van der Waals surface area contributed by atoms with Crippen LogP contribution in [-0.2, 0) is 18.9 Å². The lowest BCUT2D eigenvalue weighted by Crippen LogP contribution is -2.55. The van der Waals surface area contributed by atoms with E-state index in [2.05, 4.69) is 26.0 Å². The van der Waals surface area contributed by atoms with E-state index >= 15 is 0 Å². The molecular formula is C27H39ClO4. The zero-order chi connectivity index (χ0) is 22.0. The Bertz CT molecular complexity index is 795. The smallest absolute Gasteiger partial charge is 0.172 e. The summed E-state index contributed by atoms with van der Waals surface area (Å²) in [7, 11) is 0. The molecule has 32 heavy (non-hydrogen) atoms. The average molecular weight is 463 g/mol. The summed E-state index contributed by atoms with van der Waals surface area (Å²) >= 11 is 6.08. The van der Waals surface area contributed by atoms with Gasteiger partial charge in [-0.15, -0.1) is 0 Å². The van der Waals surface area contributed by atoms with Crippen LogP contribution < -0.4 is 0 Å². The van der Waals surface area contributed by atoms with Crippen molar-refractivity contribution in [2.75, 3.05) is 26.4 Å². The molecule has 2 aliphatic heterocycles. The monoisotopic (exact) mass is 462 g/mol. The van der Waals surface area contributed by atoms with Gasteiger partial charge >= 0.3 is 0 Å². The third kappa shape index (κ3) is 3.09. The molecule has 0 aromatic heterocycles. The molecule has 1 spiro atoms. The lowest BCUT2D eigenvalue weighted by Gasteiger charge is -2.60. The van der Waals surface area contributed by atoms with Crippen LogP contribution in [0.1, 0.15) is 71.6 Å². The van der Waals surface area contributed by atoms with Gasteiger partial charge in [-0.3, -0.25) is 0 Å². The Kier molecular flexibility index (Phi) is 5.40. The maximum absolute atomic E-state index is 6.25. The summed E-state index contributed by atoms with van der Waals surface area (Å²) in [6.45, 7) is 7.70. The highest BCUT2D eigenvalue weighted by Gasteiger charge is 2.64. The van der Waals surface area contributed by atoms with Crippen molar-refractivity contribution >= 4 is 11.6 Å². The van der Waals surface area contributed by atoms with Gasteiger partial charge in [0.25, 0.3) is 0 Å². The van der Waals surface area contributed by atoms with E-state index in [1.54, 1.807) is 11.1 Å². The van der Waals surface area contributed by atoms with Crippen LogP contribution in [0.4, 0.5) is 0 Å². The Hall–Kier alpha value is -0.390. The first kappa shape index (κ1) is 22.1. The zero-order valence-corrected chi connectivity index (χ0v) is 20.5. The molecule has 4 aliphatic carbocycles. The van der Waals surface area contributed by atoms with E-state index < -0.39 is 5.79 Å². The zero-order valence-electron chi connectivity index (χ0n) is 19.7. The number of hydrogen-bond acceptors (Lipinski definition) is 4. The third-order valence-electron chi connectivity index (χ3n) is 10.7. The molecule has 4 nitrogen and oxygen atoms in total. The Balaban J connectivity index is 1.32. The van der Waals surface area contributed by atoms with E-state index in [9.17, 15) is 0 Å². The molecule has 5 fully saturated rings. The highest BCUT2D eigenvalue weighted by atomic mass is 35.5. The topological polar surface area (TPSA) is 36.9 Å². The van der Waals surface area contributed by atoms with Crippen LogP contribution in [0.15, 0.2) is 23.3 Å². The lowest BCUT2D eigenvalue weighted by atomic mass is 9.46. The van der Waals surface area contributed by atoms with Crippen LogP contribution in [-0.4, -0.2) is 38.0 Å². The van der Waals surface area contributed by atoms with Gasteiger partial charge in [-0.25, -0.2) is 0 Å². The Morgan fingerprint density at radius 2 is 1.69 bits per heavy atom. The maximum atomic E-state index is 6.25. The van der Waals surface area contributed by atoms with Crippen molar-refractivity contribution in [3.63, 3.8) is 0 Å². The van der Waals surface area contributed by atoms with E-state index in [-0.39, 0.29) is 11.2 Å². The highest BCUT2D eigenvalue weighted by molar-refractivity contribution is 6.25. The minimum Gasteiger partial charge on any atom is -0.348 e. The standard InChI is InChI=1S/C27H39ClO4/c1-24-11-12-27(31-16-17-32-27)18-19(24)4-5-20-21(24)8-10-26(9-3-13-28)22(20)6-7-23(26)25(2)29-14-15-30-25/h3-4,13,20-23H,5-12,14-18H2,1-2H3/t20-,21+,22+,23-,24+,26+/m1/s1. The largest absolute Gasteiger partial charge is 0.348 e. The average Bonchev–Trinajstić information content (AvgIpc) is 3.52. The van der Waals surface area contributed by atoms with E-state index in [1.165, 1.54) is 38.5 Å². The minimum atomic E-state index is -0.435. The first-order valence-electron chi connectivity index (χ1n) is 13.0. The Morgan fingerprint density at radius 3 is 2.44 bits per heavy atom. The van der Waals surface area contributed by atoms with Crippen LogP contribution in [0.3, 0.4) is 0 Å². The van der Waals surface area contributed by atoms with Gasteiger partial charge in [0.1, 0.15) is 0 Å². The molecule has 6 rings (SSSR count). The highest BCUT2D eigenvalue weighted by Crippen LogP contribution is 2.69. The molecule has 0 amide bonds. The van der Waals surface area contributed by atoms with Crippen molar-refractivity contribution in [2.24, 2.45) is 34.5 Å². The van der Waals surface area contributed by atoms with Crippen molar-refractivity contribution < 1.29 is 18.9 Å². The molecule has 6 aliphatic rings. The molecule has 178 valence electrons. The van der Waals surface area contributed by atoms with Gasteiger partial charge in [0.15, 0.2) is 11.6 Å². The first-order valence-corrected chi connectivity index (χ1v) is 13.4. The summed E-state index contributed by atoms with van der Waals surface area (Å²) < 4.78 is 24.7. The van der Waals surface area contributed by atoms with Crippen molar-refractivity contribution in [3.05, 3.63) is 23.3 Å². The molecule has 2 saturated heterocycles. The summed E-state index contributed by atoms with van der Waals surface area (Å²) in [6.07, 6.45) is 15.3. The number of hydrogen-bond donors (Lipinski definition) is 0. The van der Waals surface area contributed by atoms with Crippen molar-refractivity contribution in [3.8, 4) is 0 Å². The summed E-state index contributed by atoms with van der Waals surface area (Å²) in [5, 5.41) is 0. The van der Waals surface area contributed by atoms with Crippen LogP contribution in [0.25, 0.3) is 0 Å². The van der Waals surface area contributed by atoms with Gasteiger partial charge in [-0.1, -0.05) is 36.2 Å². The van der Waals surface area contributed by atoms with E-state index in [0.29, 0.717) is 17.3 Å². The number of allylic oxidation sites excluding steroid dienone is 2. The molecule has 0 bridgehead atoms. The summed E-state index contributed by atoms with van der Waals surface area (Å²) in [5.41, 5.74) is 3.87. The molecule has 6 atom stereocenters. The molecule has 5 heteroatoms. The van der Waals surface area contributed by atoms with Crippen LogP contribution in [0, 0.1) is 34.5 Å². The van der Waals surface area contributed by atoms with E-state index in [4.69, 9.17) is 30.5 Å². The Labute approximate surface area is 198 Å². The molecule has 0 radical (unpaired) electrons. The van der Waals surface area contributed by atoms with Crippen LogP contribution >= 0.6 is 11.6 Å². The fourth-order valence-electron chi connectivity index (χ4n) is 9.34. The quantitative estimate of drug-likeness (QED) is 0.468. The van der Waals surface area contributed by atoms with Gasteiger partial charge in [0.05, 0.1) is 26.4 Å². The third-order valence-corrected chi connectivity index (χ3v) is 10.9. The molecular weight excluding hydrogens is 424 g/mol. The van der Waals surface area contributed by atoms with E-state index in [0.717, 1.165) is 57.5 Å². The van der Waals surface area contributed by atoms with Crippen LogP contribution in [0.5, 0.6) is 0 Å².